The molecule has 1 aliphatic carbocycles. The predicted octanol–water partition coefficient (Wildman–Crippen LogP) is 3.20. The van der Waals surface area contributed by atoms with Crippen molar-refractivity contribution >= 4 is 23.2 Å². The number of hydrogen-bond donors (Lipinski definition) is 1. The molecular weight excluding hydrogens is 236 g/mol. The quantitative estimate of drug-likeness (QED) is 0.874. The number of nitriles is 1. The lowest BCUT2D eigenvalue weighted by atomic mass is 10.1. The Morgan fingerprint density at radius 3 is 2.59 bits per heavy atom. The molecule has 88 valence electrons. The van der Waals surface area contributed by atoms with Crippen LogP contribution in [0.15, 0.2) is 12.1 Å². The number of nitrogens with one attached hydrogen (secondary N) is 1. The minimum Gasteiger partial charge on any atom is -0.323 e. The van der Waals surface area contributed by atoms with Crippen molar-refractivity contribution in [3.05, 3.63) is 28.3 Å². The summed E-state index contributed by atoms with van der Waals surface area (Å²) in [6.07, 6.45) is 1.27. The molecule has 4 heteroatoms. The minimum absolute atomic E-state index is 0.242. The first-order chi connectivity index (χ1) is 7.98. The molecule has 0 spiro atoms. The first-order valence-electron chi connectivity index (χ1n) is 5.48. The molecule has 0 aromatic heterocycles. The molecule has 0 atom stereocenters. The van der Waals surface area contributed by atoms with E-state index in [9.17, 15) is 4.79 Å². The van der Waals surface area contributed by atoms with E-state index in [-0.39, 0.29) is 5.91 Å². The molecule has 1 fully saturated rings. The minimum atomic E-state index is -0.819. The van der Waals surface area contributed by atoms with Crippen LogP contribution in [0, 0.1) is 30.6 Å². The van der Waals surface area contributed by atoms with Gasteiger partial charge in [-0.15, -0.1) is 0 Å². The summed E-state index contributed by atoms with van der Waals surface area (Å²) >= 11 is 6.09. The van der Waals surface area contributed by atoms with E-state index >= 15 is 0 Å². The van der Waals surface area contributed by atoms with Crippen LogP contribution in [0.4, 0.5) is 5.69 Å². The number of nitrogens with zero attached hydrogens (tertiary/aromatic N) is 1. The van der Waals surface area contributed by atoms with Gasteiger partial charge in [-0.25, -0.2) is 0 Å². The Kier molecular flexibility index (Phi) is 2.84. The number of rotatable bonds is 2. The van der Waals surface area contributed by atoms with Gasteiger partial charge in [-0.2, -0.15) is 5.26 Å². The topological polar surface area (TPSA) is 52.9 Å². The molecule has 1 N–H and O–H groups in total. The summed E-state index contributed by atoms with van der Waals surface area (Å²) in [6, 6.07) is 5.82. The van der Waals surface area contributed by atoms with Gasteiger partial charge in [0.2, 0.25) is 5.91 Å². The molecule has 0 saturated heterocycles. The van der Waals surface area contributed by atoms with Crippen molar-refractivity contribution in [1.82, 2.24) is 0 Å². The number of carbonyl (C=O) groups is 1. The first-order valence-corrected chi connectivity index (χ1v) is 5.86. The monoisotopic (exact) mass is 248 g/mol. The molecule has 1 saturated carbocycles. The Morgan fingerprint density at radius 1 is 1.47 bits per heavy atom. The Morgan fingerprint density at radius 2 is 2.12 bits per heavy atom. The van der Waals surface area contributed by atoms with Gasteiger partial charge in [-0.1, -0.05) is 17.7 Å². The maximum absolute atomic E-state index is 11.9. The Labute approximate surface area is 105 Å². The first kappa shape index (κ1) is 11.9. The molecule has 0 heterocycles. The number of carbonyl (C=O) groups excluding carboxylic acids is 1. The van der Waals surface area contributed by atoms with Crippen molar-refractivity contribution in [2.75, 3.05) is 5.32 Å². The van der Waals surface area contributed by atoms with Crippen molar-refractivity contribution in [1.29, 1.82) is 5.26 Å². The number of anilines is 1. The van der Waals surface area contributed by atoms with Gasteiger partial charge < -0.3 is 5.32 Å². The van der Waals surface area contributed by atoms with Crippen molar-refractivity contribution in [3.8, 4) is 6.07 Å². The zero-order chi connectivity index (χ0) is 12.6. The normalized spacial score (nSPS) is 16.1. The third-order valence-corrected chi connectivity index (χ3v) is 3.37. The van der Waals surface area contributed by atoms with E-state index in [0.717, 1.165) is 11.1 Å². The van der Waals surface area contributed by atoms with Crippen LogP contribution in [0.3, 0.4) is 0 Å². The maximum atomic E-state index is 11.9. The lowest BCUT2D eigenvalue weighted by Gasteiger charge is -2.13. The van der Waals surface area contributed by atoms with Crippen molar-refractivity contribution in [2.45, 2.75) is 26.7 Å². The van der Waals surface area contributed by atoms with Crippen LogP contribution in [0.1, 0.15) is 24.0 Å². The Bertz CT molecular complexity index is 504. The molecule has 1 aromatic rings. The predicted molar refractivity (Wildman–Crippen MR) is 66.8 cm³/mol. The number of aryl methyl sites for hydroxylation is 2. The van der Waals surface area contributed by atoms with Gasteiger partial charge in [0.05, 0.1) is 16.8 Å². The lowest BCUT2D eigenvalue weighted by molar-refractivity contribution is -0.119. The third kappa shape index (κ3) is 2.13. The zero-order valence-electron chi connectivity index (χ0n) is 9.80. The van der Waals surface area contributed by atoms with Crippen LogP contribution in [-0.4, -0.2) is 5.91 Å². The molecule has 3 nitrogen and oxygen atoms in total. The maximum Gasteiger partial charge on any atom is 0.244 e. The van der Waals surface area contributed by atoms with Crippen molar-refractivity contribution in [3.63, 3.8) is 0 Å². The fourth-order valence-corrected chi connectivity index (χ4v) is 2.19. The van der Waals surface area contributed by atoms with Crippen LogP contribution in [0.5, 0.6) is 0 Å². The van der Waals surface area contributed by atoms with Crippen LogP contribution in [-0.2, 0) is 4.79 Å². The molecule has 0 unspecified atom stereocenters. The van der Waals surface area contributed by atoms with Crippen LogP contribution in [0.2, 0.25) is 5.02 Å². The highest BCUT2D eigenvalue weighted by molar-refractivity contribution is 6.34. The van der Waals surface area contributed by atoms with Gasteiger partial charge in [0.15, 0.2) is 0 Å². The summed E-state index contributed by atoms with van der Waals surface area (Å²) in [7, 11) is 0. The molecule has 0 bridgehead atoms. The number of benzene rings is 1. The smallest absolute Gasteiger partial charge is 0.244 e. The number of hydrogen-bond acceptors (Lipinski definition) is 2. The fraction of sp³-hybridized carbons (Fsp3) is 0.385. The molecule has 2 rings (SSSR count). The molecule has 0 radical (unpaired) electrons. The highest BCUT2D eigenvalue weighted by Gasteiger charge is 2.50. The summed E-state index contributed by atoms with van der Waals surface area (Å²) in [5.74, 6) is -0.242. The molecule has 1 amide bonds. The Balaban J connectivity index is 2.26. The standard InChI is InChI=1S/C13H13ClN2O/c1-8-5-9(2)11(10(14)6-8)16-12(17)13(7-15)3-4-13/h5-6H,3-4H2,1-2H3,(H,16,17). The van der Waals surface area contributed by atoms with Crippen molar-refractivity contribution < 1.29 is 4.79 Å². The van der Waals surface area contributed by atoms with Crippen LogP contribution >= 0.6 is 11.6 Å². The summed E-state index contributed by atoms with van der Waals surface area (Å²) in [6.45, 7) is 3.84. The average Bonchev–Trinajstić information content (AvgIpc) is 3.03. The van der Waals surface area contributed by atoms with Crippen molar-refractivity contribution in [2.24, 2.45) is 5.41 Å². The number of amides is 1. The van der Waals surface area contributed by atoms with E-state index in [0.29, 0.717) is 23.6 Å². The Hall–Kier alpha value is -1.53. The lowest BCUT2D eigenvalue weighted by Crippen LogP contribution is -2.23. The zero-order valence-corrected chi connectivity index (χ0v) is 10.6. The largest absolute Gasteiger partial charge is 0.323 e. The summed E-state index contributed by atoms with van der Waals surface area (Å²) < 4.78 is 0. The highest BCUT2D eigenvalue weighted by atomic mass is 35.5. The molecule has 1 aromatic carbocycles. The highest BCUT2D eigenvalue weighted by Crippen LogP contribution is 2.46. The van der Waals surface area contributed by atoms with E-state index in [1.54, 1.807) is 6.07 Å². The van der Waals surface area contributed by atoms with E-state index in [4.69, 9.17) is 16.9 Å². The van der Waals surface area contributed by atoms with Crippen LogP contribution in [0.25, 0.3) is 0 Å². The second-order valence-electron chi connectivity index (χ2n) is 4.59. The average molecular weight is 249 g/mol. The summed E-state index contributed by atoms with van der Waals surface area (Å²) in [5.41, 5.74) is 1.76. The fourth-order valence-electron chi connectivity index (χ4n) is 1.82. The second kappa shape index (κ2) is 4.05. The van der Waals surface area contributed by atoms with Gasteiger partial charge in [0, 0.05) is 0 Å². The van der Waals surface area contributed by atoms with Gasteiger partial charge in [0.25, 0.3) is 0 Å². The van der Waals surface area contributed by atoms with Gasteiger partial charge in [0.1, 0.15) is 5.41 Å². The van der Waals surface area contributed by atoms with Gasteiger partial charge in [-0.3, -0.25) is 4.79 Å². The summed E-state index contributed by atoms with van der Waals surface area (Å²) in [4.78, 5) is 11.9. The van der Waals surface area contributed by atoms with Gasteiger partial charge in [-0.05, 0) is 43.9 Å². The number of halogens is 1. The second-order valence-corrected chi connectivity index (χ2v) is 4.99. The van der Waals surface area contributed by atoms with E-state index < -0.39 is 5.41 Å². The molecule has 17 heavy (non-hydrogen) atoms. The van der Waals surface area contributed by atoms with E-state index in [1.165, 1.54) is 0 Å². The summed E-state index contributed by atoms with van der Waals surface area (Å²) in [5, 5.41) is 12.2. The third-order valence-electron chi connectivity index (χ3n) is 3.07. The van der Waals surface area contributed by atoms with E-state index in [2.05, 4.69) is 11.4 Å². The van der Waals surface area contributed by atoms with Gasteiger partial charge >= 0.3 is 0 Å². The SMILES string of the molecule is Cc1cc(C)c(NC(=O)C2(C#N)CC2)c(Cl)c1. The molecule has 0 aliphatic heterocycles. The van der Waals surface area contributed by atoms with E-state index in [1.807, 2.05) is 19.9 Å². The molecular formula is C13H13ClN2O. The van der Waals surface area contributed by atoms with Crippen LogP contribution < -0.4 is 5.32 Å². The molecule has 1 aliphatic rings.